The van der Waals surface area contributed by atoms with Crippen LogP contribution in [0.1, 0.15) is 37.8 Å². The van der Waals surface area contributed by atoms with Crippen LogP contribution in [-0.4, -0.2) is 14.5 Å². The van der Waals surface area contributed by atoms with Crippen LogP contribution >= 0.6 is 0 Å². The second kappa shape index (κ2) is 5.61. The number of nitrogens with two attached hydrogens (primary N) is 1. The van der Waals surface area contributed by atoms with E-state index in [-0.39, 0.29) is 6.04 Å². The van der Waals surface area contributed by atoms with Crippen molar-refractivity contribution in [2.75, 3.05) is 0 Å². The number of benzene rings is 1. The molecule has 0 radical (unpaired) electrons. The number of aryl methyl sites for hydroxylation is 1. The highest BCUT2D eigenvalue weighted by Crippen LogP contribution is 2.28. The van der Waals surface area contributed by atoms with E-state index in [4.69, 9.17) is 5.73 Å². The van der Waals surface area contributed by atoms with E-state index in [1.165, 1.54) is 0 Å². The van der Waals surface area contributed by atoms with Crippen LogP contribution in [-0.2, 0) is 23.0 Å². The summed E-state index contributed by atoms with van der Waals surface area (Å²) < 4.78 is 27.3. The summed E-state index contributed by atoms with van der Waals surface area (Å²) in [4.78, 5) is 0.324. The third-order valence-electron chi connectivity index (χ3n) is 3.78. The smallest absolute Gasteiger partial charge is 0.240 e. The van der Waals surface area contributed by atoms with Gasteiger partial charge >= 0.3 is 0 Å². The molecule has 3 N–H and O–H groups in total. The van der Waals surface area contributed by atoms with Crippen molar-refractivity contribution < 1.29 is 8.42 Å². The topological polar surface area (TPSA) is 72.2 Å². The van der Waals surface area contributed by atoms with E-state index in [2.05, 4.69) is 11.6 Å². The minimum absolute atomic E-state index is 0.0900. The molecule has 19 heavy (non-hydrogen) atoms. The lowest BCUT2D eigenvalue weighted by molar-refractivity contribution is 0.270. The summed E-state index contributed by atoms with van der Waals surface area (Å²) in [6, 6.07) is 5.32. The Balaban J connectivity index is 2.20. The van der Waals surface area contributed by atoms with Gasteiger partial charge in [0.2, 0.25) is 10.0 Å². The molecule has 1 aromatic carbocycles. The van der Waals surface area contributed by atoms with Crippen molar-refractivity contribution in [2.45, 2.75) is 50.6 Å². The maximum Gasteiger partial charge on any atom is 0.240 e. The number of sulfonamides is 1. The molecule has 0 atom stereocenters. The first kappa shape index (κ1) is 14.5. The van der Waals surface area contributed by atoms with E-state index in [0.717, 1.165) is 30.4 Å². The molecule has 0 bridgehead atoms. The Morgan fingerprint density at radius 1 is 1.32 bits per heavy atom. The van der Waals surface area contributed by atoms with Crippen molar-refractivity contribution in [1.82, 2.24) is 4.72 Å². The van der Waals surface area contributed by atoms with Gasteiger partial charge in [0.05, 0.1) is 4.90 Å². The van der Waals surface area contributed by atoms with Crippen LogP contribution in [0.15, 0.2) is 23.1 Å². The number of hydrogen-bond donors (Lipinski definition) is 2. The first-order valence-corrected chi connectivity index (χ1v) is 8.28. The van der Waals surface area contributed by atoms with Crippen molar-refractivity contribution in [1.29, 1.82) is 0 Å². The van der Waals surface area contributed by atoms with Crippen molar-refractivity contribution in [3.8, 4) is 0 Å². The van der Waals surface area contributed by atoms with Crippen LogP contribution in [0.4, 0.5) is 0 Å². The molecule has 0 spiro atoms. The summed E-state index contributed by atoms with van der Waals surface area (Å²) in [6.07, 6.45) is 2.71. The van der Waals surface area contributed by atoms with Crippen LogP contribution in [0.5, 0.6) is 0 Å². The lowest BCUT2D eigenvalue weighted by atomic mass is 9.83. The molecule has 1 aliphatic carbocycles. The minimum Gasteiger partial charge on any atom is -0.326 e. The first-order valence-electron chi connectivity index (χ1n) is 6.80. The van der Waals surface area contributed by atoms with Gasteiger partial charge in [0.15, 0.2) is 0 Å². The maximum atomic E-state index is 12.3. The van der Waals surface area contributed by atoms with Crippen molar-refractivity contribution in [3.05, 3.63) is 29.3 Å². The summed E-state index contributed by atoms with van der Waals surface area (Å²) in [6.45, 7) is 4.54. The fourth-order valence-electron chi connectivity index (χ4n) is 2.59. The Morgan fingerprint density at radius 2 is 2.00 bits per heavy atom. The first-order chi connectivity index (χ1) is 8.96. The Hall–Kier alpha value is -0.910. The molecule has 1 aliphatic rings. The Kier molecular flexibility index (Phi) is 4.28. The van der Waals surface area contributed by atoms with E-state index in [1.54, 1.807) is 12.1 Å². The lowest BCUT2D eigenvalue weighted by Crippen LogP contribution is -2.43. The van der Waals surface area contributed by atoms with Crippen LogP contribution in [0.3, 0.4) is 0 Å². The highest BCUT2D eigenvalue weighted by molar-refractivity contribution is 7.89. The van der Waals surface area contributed by atoms with Gasteiger partial charge in [-0.15, -0.1) is 0 Å². The molecular formula is C14H22N2O2S. The van der Waals surface area contributed by atoms with Gasteiger partial charge in [0.1, 0.15) is 0 Å². The molecule has 2 rings (SSSR count). The van der Waals surface area contributed by atoms with Gasteiger partial charge in [-0.2, -0.15) is 0 Å². The Morgan fingerprint density at radius 3 is 2.53 bits per heavy atom. The summed E-state index contributed by atoms with van der Waals surface area (Å²) in [5.74, 6) is 0.620. The standard InChI is InChI=1S/C14H22N2O2S/c1-3-11-4-5-14(8-12(11)9-15)19(17,18)16-13-6-10(2)7-13/h4-5,8,10,13,16H,3,6-7,9,15H2,1-2H3. The second-order valence-corrected chi connectivity index (χ2v) is 7.10. The van der Waals surface area contributed by atoms with E-state index >= 15 is 0 Å². The Labute approximate surface area is 115 Å². The fraction of sp³-hybridized carbons (Fsp3) is 0.571. The Bertz CT molecular complexity index is 549. The van der Waals surface area contributed by atoms with Gasteiger partial charge in [0.25, 0.3) is 0 Å². The normalized spacial score (nSPS) is 23.1. The van der Waals surface area contributed by atoms with Gasteiger partial charge < -0.3 is 5.73 Å². The van der Waals surface area contributed by atoms with Crippen molar-refractivity contribution >= 4 is 10.0 Å². The molecule has 106 valence electrons. The van der Waals surface area contributed by atoms with Crippen LogP contribution < -0.4 is 10.5 Å². The minimum atomic E-state index is -3.41. The third kappa shape index (κ3) is 3.16. The van der Waals surface area contributed by atoms with Crippen molar-refractivity contribution in [2.24, 2.45) is 11.7 Å². The predicted molar refractivity (Wildman–Crippen MR) is 76.2 cm³/mol. The predicted octanol–water partition coefficient (Wildman–Crippen LogP) is 1.78. The van der Waals surface area contributed by atoms with Crippen LogP contribution in [0.2, 0.25) is 0 Å². The van der Waals surface area contributed by atoms with Crippen molar-refractivity contribution in [3.63, 3.8) is 0 Å². The molecular weight excluding hydrogens is 260 g/mol. The van der Waals surface area contributed by atoms with E-state index in [1.807, 2.05) is 13.0 Å². The van der Waals surface area contributed by atoms with Gasteiger partial charge in [-0.3, -0.25) is 0 Å². The summed E-state index contributed by atoms with van der Waals surface area (Å²) in [7, 11) is -3.41. The van der Waals surface area contributed by atoms with E-state index < -0.39 is 10.0 Å². The lowest BCUT2D eigenvalue weighted by Gasteiger charge is -2.32. The molecule has 0 heterocycles. The van der Waals surface area contributed by atoms with Gasteiger partial charge in [-0.05, 0) is 48.4 Å². The highest BCUT2D eigenvalue weighted by atomic mass is 32.2. The monoisotopic (exact) mass is 282 g/mol. The number of hydrogen-bond acceptors (Lipinski definition) is 3. The molecule has 0 aromatic heterocycles. The van der Waals surface area contributed by atoms with Gasteiger partial charge in [-0.25, -0.2) is 13.1 Å². The summed E-state index contributed by atoms with van der Waals surface area (Å²) in [5.41, 5.74) is 7.70. The zero-order valence-corrected chi connectivity index (χ0v) is 12.3. The molecule has 4 nitrogen and oxygen atoms in total. The quantitative estimate of drug-likeness (QED) is 0.864. The summed E-state index contributed by atoms with van der Waals surface area (Å²) >= 11 is 0. The average Bonchev–Trinajstić information content (AvgIpc) is 2.35. The SMILES string of the molecule is CCc1ccc(S(=O)(=O)NC2CC(C)C2)cc1CN. The molecule has 1 saturated carbocycles. The van der Waals surface area contributed by atoms with E-state index in [0.29, 0.717) is 17.4 Å². The molecule has 0 saturated heterocycles. The molecule has 1 aromatic rings. The average molecular weight is 282 g/mol. The van der Waals surface area contributed by atoms with Crippen LogP contribution in [0, 0.1) is 5.92 Å². The fourth-order valence-corrected chi connectivity index (χ4v) is 3.90. The molecule has 0 amide bonds. The highest BCUT2D eigenvalue weighted by Gasteiger charge is 2.29. The van der Waals surface area contributed by atoms with Gasteiger partial charge in [0, 0.05) is 12.6 Å². The maximum absolute atomic E-state index is 12.3. The largest absolute Gasteiger partial charge is 0.326 e. The zero-order valence-electron chi connectivity index (χ0n) is 11.5. The second-order valence-electron chi connectivity index (χ2n) is 5.38. The number of rotatable bonds is 5. The number of nitrogens with one attached hydrogen (secondary N) is 1. The summed E-state index contributed by atoms with van der Waals surface area (Å²) in [5, 5.41) is 0. The molecule has 0 unspecified atom stereocenters. The molecule has 0 aliphatic heterocycles. The van der Waals surface area contributed by atoms with E-state index in [9.17, 15) is 8.42 Å². The van der Waals surface area contributed by atoms with Gasteiger partial charge in [-0.1, -0.05) is 19.9 Å². The molecule has 5 heteroatoms. The zero-order chi connectivity index (χ0) is 14.0. The van der Waals surface area contributed by atoms with Crippen LogP contribution in [0.25, 0.3) is 0 Å². The third-order valence-corrected chi connectivity index (χ3v) is 5.30. The molecule has 1 fully saturated rings.